The molecular formula is C17H14N2OS2. The van der Waals surface area contributed by atoms with Gasteiger partial charge in [0.15, 0.2) is 0 Å². The smallest absolute Gasteiger partial charge is 0.244 e. The predicted molar refractivity (Wildman–Crippen MR) is 92.7 cm³/mol. The summed E-state index contributed by atoms with van der Waals surface area (Å²) in [5.74, 6) is -0.0946. The molecule has 0 radical (unpaired) electrons. The number of aromatic nitrogens is 1. The second-order valence-electron chi connectivity index (χ2n) is 4.59. The van der Waals surface area contributed by atoms with Gasteiger partial charge in [-0.1, -0.05) is 12.1 Å². The first kappa shape index (κ1) is 14.7. The molecule has 0 aromatic carbocycles. The number of pyridine rings is 1. The maximum absolute atomic E-state index is 11.8. The van der Waals surface area contributed by atoms with E-state index in [-0.39, 0.29) is 5.91 Å². The van der Waals surface area contributed by atoms with Gasteiger partial charge in [-0.05, 0) is 46.7 Å². The number of nitrogens with one attached hydrogen (secondary N) is 1. The molecule has 0 saturated carbocycles. The first-order chi connectivity index (χ1) is 10.8. The zero-order valence-electron chi connectivity index (χ0n) is 11.7. The monoisotopic (exact) mass is 326 g/mol. The highest BCUT2D eigenvalue weighted by atomic mass is 32.1. The maximum atomic E-state index is 11.8. The van der Waals surface area contributed by atoms with Gasteiger partial charge in [-0.25, -0.2) is 0 Å². The quantitative estimate of drug-likeness (QED) is 0.714. The van der Waals surface area contributed by atoms with E-state index in [9.17, 15) is 4.79 Å². The van der Waals surface area contributed by atoms with Crippen LogP contribution in [0.2, 0.25) is 0 Å². The molecule has 0 saturated heterocycles. The van der Waals surface area contributed by atoms with Gasteiger partial charge in [-0.3, -0.25) is 9.78 Å². The Morgan fingerprint density at radius 1 is 1.18 bits per heavy atom. The minimum absolute atomic E-state index is 0.0946. The van der Waals surface area contributed by atoms with E-state index in [1.165, 1.54) is 0 Å². The lowest BCUT2D eigenvalue weighted by Gasteiger charge is -2.04. The van der Waals surface area contributed by atoms with Crippen LogP contribution in [0, 0.1) is 0 Å². The summed E-state index contributed by atoms with van der Waals surface area (Å²) in [6, 6.07) is 11.9. The van der Waals surface area contributed by atoms with E-state index in [1.807, 2.05) is 53.2 Å². The zero-order valence-corrected chi connectivity index (χ0v) is 13.4. The van der Waals surface area contributed by atoms with Gasteiger partial charge in [0.2, 0.25) is 5.91 Å². The van der Waals surface area contributed by atoms with E-state index in [2.05, 4.69) is 10.3 Å². The van der Waals surface area contributed by atoms with Crippen LogP contribution in [-0.2, 0) is 11.3 Å². The van der Waals surface area contributed by atoms with E-state index in [0.717, 1.165) is 21.0 Å². The molecule has 1 amide bonds. The third-order valence-corrected chi connectivity index (χ3v) is 4.74. The molecule has 3 heterocycles. The Kier molecular flexibility index (Phi) is 4.78. The molecule has 5 heteroatoms. The molecule has 110 valence electrons. The summed E-state index contributed by atoms with van der Waals surface area (Å²) >= 11 is 3.26. The Labute approximate surface area is 137 Å². The summed E-state index contributed by atoms with van der Waals surface area (Å²) < 4.78 is 0. The van der Waals surface area contributed by atoms with Gasteiger partial charge in [0, 0.05) is 23.7 Å². The molecule has 0 bridgehead atoms. The third kappa shape index (κ3) is 3.90. The molecule has 3 rings (SSSR count). The van der Waals surface area contributed by atoms with Crippen LogP contribution in [0.25, 0.3) is 16.6 Å². The van der Waals surface area contributed by atoms with Gasteiger partial charge in [-0.2, -0.15) is 0 Å². The standard InChI is InChI=1S/C17H14N2OS2/c20-17(6-5-14-3-1-9-21-14)19-12-13-7-8-18-15(11-13)16-4-2-10-22-16/h1-11H,12H2,(H,19,20). The Morgan fingerprint density at radius 3 is 2.82 bits per heavy atom. The number of amides is 1. The lowest BCUT2D eigenvalue weighted by molar-refractivity contribution is -0.116. The second kappa shape index (κ2) is 7.15. The fourth-order valence-corrected chi connectivity index (χ4v) is 3.25. The number of nitrogens with zero attached hydrogens (tertiary/aromatic N) is 1. The van der Waals surface area contributed by atoms with Gasteiger partial charge in [0.25, 0.3) is 0 Å². The third-order valence-electron chi connectivity index (χ3n) is 3.01. The van der Waals surface area contributed by atoms with Crippen LogP contribution in [0.3, 0.4) is 0 Å². The first-order valence-corrected chi connectivity index (χ1v) is 8.55. The molecule has 3 aromatic heterocycles. The van der Waals surface area contributed by atoms with Crippen molar-refractivity contribution in [1.29, 1.82) is 0 Å². The lowest BCUT2D eigenvalue weighted by atomic mass is 10.2. The molecule has 22 heavy (non-hydrogen) atoms. The highest BCUT2D eigenvalue weighted by Crippen LogP contribution is 2.22. The molecule has 0 aliphatic rings. The SMILES string of the molecule is O=C(C=Cc1cccs1)NCc1ccnc(-c2cccs2)c1. The fraction of sp³-hybridized carbons (Fsp3) is 0.0588. The number of carbonyl (C=O) groups excluding carboxylic acids is 1. The van der Waals surface area contributed by atoms with Crippen LogP contribution in [0.4, 0.5) is 0 Å². The van der Waals surface area contributed by atoms with Gasteiger partial charge in [-0.15, -0.1) is 22.7 Å². The molecular weight excluding hydrogens is 312 g/mol. The van der Waals surface area contributed by atoms with Gasteiger partial charge in [0.1, 0.15) is 0 Å². The average molecular weight is 326 g/mol. The summed E-state index contributed by atoms with van der Waals surface area (Å²) in [7, 11) is 0. The largest absolute Gasteiger partial charge is 0.348 e. The van der Waals surface area contributed by atoms with Crippen molar-refractivity contribution in [3.05, 3.63) is 69.9 Å². The lowest BCUT2D eigenvalue weighted by Crippen LogP contribution is -2.20. The molecule has 0 spiro atoms. The highest BCUT2D eigenvalue weighted by Gasteiger charge is 2.03. The molecule has 0 atom stereocenters. The van der Waals surface area contributed by atoms with Crippen LogP contribution < -0.4 is 5.32 Å². The van der Waals surface area contributed by atoms with E-state index >= 15 is 0 Å². The van der Waals surface area contributed by atoms with Crippen molar-refractivity contribution < 1.29 is 4.79 Å². The summed E-state index contributed by atoms with van der Waals surface area (Å²) in [4.78, 5) is 18.4. The number of hydrogen-bond acceptors (Lipinski definition) is 4. The number of hydrogen-bond donors (Lipinski definition) is 1. The summed E-state index contributed by atoms with van der Waals surface area (Å²) in [6.45, 7) is 0.495. The Hall–Kier alpha value is -2.24. The van der Waals surface area contributed by atoms with Crippen LogP contribution in [0.5, 0.6) is 0 Å². The van der Waals surface area contributed by atoms with Crippen LogP contribution in [0.15, 0.2) is 59.4 Å². The summed E-state index contributed by atoms with van der Waals surface area (Å²) in [5.41, 5.74) is 1.98. The van der Waals surface area contributed by atoms with Crippen molar-refractivity contribution in [1.82, 2.24) is 10.3 Å². The van der Waals surface area contributed by atoms with Gasteiger partial charge < -0.3 is 5.32 Å². The molecule has 1 N–H and O–H groups in total. The van der Waals surface area contributed by atoms with E-state index in [1.54, 1.807) is 34.9 Å². The van der Waals surface area contributed by atoms with Crippen molar-refractivity contribution in [2.45, 2.75) is 6.54 Å². The van der Waals surface area contributed by atoms with E-state index < -0.39 is 0 Å². The number of rotatable bonds is 5. The van der Waals surface area contributed by atoms with E-state index in [4.69, 9.17) is 0 Å². The predicted octanol–water partition coefficient (Wildman–Crippen LogP) is 4.20. The normalized spacial score (nSPS) is 10.9. The second-order valence-corrected chi connectivity index (χ2v) is 6.52. The first-order valence-electron chi connectivity index (χ1n) is 6.79. The Balaban J connectivity index is 1.59. The number of thiophene rings is 2. The van der Waals surface area contributed by atoms with Gasteiger partial charge in [0.05, 0.1) is 10.6 Å². The average Bonchev–Trinajstić information content (AvgIpc) is 3.24. The topological polar surface area (TPSA) is 42.0 Å². The van der Waals surface area contributed by atoms with Crippen LogP contribution >= 0.6 is 22.7 Å². The van der Waals surface area contributed by atoms with Crippen molar-refractivity contribution >= 4 is 34.7 Å². The summed E-state index contributed by atoms with van der Waals surface area (Å²) in [5, 5.41) is 6.90. The van der Waals surface area contributed by atoms with Crippen molar-refractivity contribution in [3.63, 3.8) is 0 Å². The number of carbonyl (C=O) groups is 1. The molecule has 0 unspecified atom stereocenters. The minimum atomic E-state index is -0.0946. The fourth-order valence-electron chi connectivity index (χ4n) is 1.94. The van der Waals surface area contributed by atoms with E-state index in [0.29, 0.717) is 6.54 Å². The van der Waals surface area contributed by atoms with Crippen LogP contribution in [-0.4, -0.2) is 10.9 Å². The Morgan fingerprint density at radius 2 is 2.05 bits per heavy atom. The van der Waals surface area contributed by atoms with Crippen molar-refractivity contribution in [2.75, 3.05) is 0 Å². The van der Waals surface area contributed by atoms with Crippen molar-refractivity contribution in [2.24, 2.45) is 0 Å². The molecule has 3 nitrogen and oxygen atoms in total. The highest BCUT2D eigenvalue weighted by molar-refractivity contribution is 7.13. The minimum Gasteiger partial charge on any atom is -0.348 e. The van der Waals surface area contributed by atoms with Gasteiger partial charge >= 0.3 is 0 Å². The summed E-state index contributed by atoms with van der Waals surface area (Å²) in [6.07, 6.45) is 5.16. The van der Waals surface area contributed by atoms with Crippen molar-refractivity contribution in [3.8, 4) is 10.6 Å². The molecule has 3 aromatic rings. The molecule has 0 aliphatic heterocycles. The molecule has 0 fully saturated rings. The molecule has 0 aliphatic carbocycles. The maximum Gasteiger partial charge on any atom is 0.244 e. The zero-order chi connectivity index (χ0) is 15.2. The Bertz CT molecular complexity index is 762. The van der Waals surface area contributed by atoms with Crippen LogP contribution in [0.1, 0.15) is 10.4 Å².